The summed E-state index contributed by atoms with van der Waals surface area (Å²) < 4.78 is 50.8. The summed E-state index contributed by atoms with van der Waals surface area (Å²) in [5.74, 6) is -0.745. The third-order valence-electron chi connectivity index (χ3n) is 6.18. The predicted octanol–water partition coefficient (Wildman–Crippen LogP) is 2.87. The number of piperidine rings is 1. The van der Waals surface area contributed by atoms with Crippen LogP contribution >= 0.6 is 0 Å². The molecule has 2 heterocycles. The number of hydrogen-bond donors (Lipinski definition) is 1. The maximum atomic E-state index is 14.6. The van der Waals surface area contributed by atoms with Crippen LogP contribution in [0.4, 0.5) is 14.6 Å². The molecule has 1 aromatic heterocycles. The number of carbonyl (C=O) groups is 1. The standard InChI is InChI=1S/C22H24F2N4O3S/c1-12(7-8-32(3,30)31)27-22(29)17-9-26-18(10-25-17)28-11-15-13(2)19(15)21(28)14-5-4-6-16(23)20(14)24/h4-10,12-13,15,19,21H,11H2,1-3H3,(H,27,29)/b8-7+/t12-,13+,15+,19-,21-/m1/s1. The molecule has 4 rings (SSSR count). The number of fused-ring (bicyclic) bond motifs is 1. The van der Waals surface area contributed by atoms with Crippen molar-refractivity contribution in [3.63, 3.8) is 0 Å². The van der Waals surface area contributed by atoms with Crippen molar-refractivity contribution >= 4 is 21.6 Å². The SMILES string of the molecule is C[C@H]1[C@@H]2CN(c3cnc(C(=O)N[C@H](C)/C=C/S(C)(=O)=O)cn3)[C@H](c3cccc(F)c3F)[C@H]12. The highest BCUT2D eigenvalue weighted by Crippen LogP contribution is 2.61. The molecule has 2 aromatic rings. The lowest BCUT2D eigenvalue weighted by atomic mass is 10.00. The molecule has 1 aromatic carbocycles. The first-order valence-corrected chi connectivity index (χ1v) is 12.2. The van der Waals surface area contributed by atoms with Crippen LogP contribution in [0.5, 0.6) is 0 Å². The van der Waals surface area contributed by atoms with Gasteiger partial charge >= 0.3 is 0 Å². The molecule has 32 heavy (non-hydrogen) atoms. The second kappa shape index (κ2) is 8.23. The molecule has 2 aliphatic rings. The van der Waals surface area contributed by atoms with Crippen LogP contribution < -0.4 is 10.2 Å². The van der Waals surface area contributed by atoms with Crippen molar-refractivity contribution in [1.29, 1.82) is 0 Å². The van der Waals surface area contributed by atoms with E-state index in [0.717, 1.165) is 17.7 Å². The number of nitrogens with one attached hydrogen (secondary N) is 1. The van der Waals surface area contributed by atoms with Crippen LogP contribution in [0.2, 0.25) is 0 Å². The summed E-state index contributed by atoms with van der Waals surface area (Å²) >= 11 is 0. The van der Waals surface area contributed by atoms with E-state index in [1.165, 1.54) is 24.5 Å². The predicted molar refractivity (Wildman–Crippen MR) is 116 cm³/mol. The smallest absolute Gasteiger partial charge is 0.271 e. The minimum Gasteiger partial charge on any atom is -0.348 e. The largest absolute Gasteiger partial charge is 0.348 e. The highest BCUT2D eigenvalue weighted by atomic mass is 32.2. The van der Waals surface area contributed by atoms with E-state index < -0.39 is 33.4 Å². The fourth-order valence-corrected chi connectivity index (χ4v) is 5.00. The fourth-order valence-electron chi connectivity index (χ4n) is 4.47. The number of carbonyl (C=O) groups excluding carboxylic acids is 1. The van der Waals surface area contributed by atoms with E-state index in [1.54, 1.807) is 13.0 Å². The molecule has 1 aliphatic carbocycles. The number of aromatic nitrogens is 2. The Morgan fingerprint density at radius 2 is 2.03 bits per heavy atom. The summed E-state index contributed by atoms with van der Waals surface area (Å²) in [5.41, 5.74) is 0.372. The molecule has 170 valence electrons. The zero-order chi connectivity index (χ0) is 23.2. The van der Waals surface area contributed by atoms with Crippen LogP contribution in [0.15, 0.2) is 42.1 Å². The van der Waals surface area contributed by atoms with Crippen LogP contribution in [0.3, 0.4) is 0 Å². The first-order valence-electron chi connectivity index (χ1n) is 10.3. The Morgan fingerprint density at radius 1 is 1.28 bits per heavy atom. The van der Waals surface area contributed by atoms with Gasteiger partial charge in [0.1, 0.15) is 11.5 Å². The topological polar surface area (TPSA) is 92.3 Å². The summed E-state index contributed by atoms with van der Waals surface area (Å²) in [7, 11) is -3.29. The first kappa shape index (κ1) is 22.3. The van der Waals surface area contributed by atoms with E-state index in [1.807, 2.05) is 4.90 Å². The summed E-state index contributed by atoms with van der Waals surface area (Å²) in [5, 5.41) is 3.65. The monoisotopic (exact) mass is 462 g/mol. The molecule has 1 saturated heterocycles. The summed E-state index contributed by atoms with van der Waals surface area (Å²) in [6, 6.07) is 3.34. The quantitative estimate of drug-likeness (QED) is 0.710. The molecule has 2 fully saturated rings. The highest BCUT2D eigenvalue weighted by molar-refractivity contribution is 7.93. The lowest BCUT2D eigenvalue weighted by Gasteiger charge is -2.30. The molecule has 7 nitrogen and oxygen atoms in total. The number of sulfone groups is 1. The molecule has 1 saturated carbocycles. The third kappa shape index (κ3) is 4.36. The van der Waals surface area contributed by atoms with Crippen LogP contribution in [-0.4, -0.2) is 43.1 Å². The molecule has 10 heteroatoms. The molecule has 0 spiro atoms. The van der Waals surface area contributed by atoms with Crippen molar-refractivity contribution in [3.8, 4) is 0 Å². The summed E-state index contributed by atoms with van der Waals surface area (Å²) in [4.78, 5) is 22.8. The van der Waals surface area contributed by atoms with Gasteiger partial charge in [-0.1, -0.05) is 25.1 Å². The average molecular weight is 463 g/mol. The molecule has 1 aliphatic heterocycles. The Hall–Kier alpha value is -2.88. The molecule has 0 unspecified atom stereocenters. The Bertz CT molecular complexity index is 1170. The lowest BCUT2D eigenvalue weighted by molar-refractivity contribution is 0.0941. The van der Waals surface area contributed by atoms with Crippen LogP contribution in [-0.2, 0) is 9.84 Å². The molecule has 0 radical (unpaired) electrons. The third-order valence-corrected chi connectivity index (χ3v) is 6.83. The van der Waals surface area contributed by atoms with E-state index in [9.17, 15) is 22.0 Å². The van der Waals surface area contributed by atoms with Gasteiger partial charge in [-0.15, -0.1) is 0 Å². The van der Waals surface area contributed by atoms with Crippen molar-refractivity contribution < 1.29 is 22.0 Å². The minimum atomic E-state index is -3.29. The van der Waals surface area contributed by atoms with Crippen molar-refractivity contribution in [3.05, 3.63) is 65.0 Å². The number of amides is 1. The summed E-state index contributed by atoms with van der Waals surface area (Å²) in [6.07, 6.45) is 5.20. The van der Waals surface area contributed by atoms with E-state index in [4.69, 9.17) is 0 Å². The van der Waals surface area contributed by atoms with Gasteiger partial charge in [-0.3, -0.25) is 4.79 Å². The second-order valence-corrected chi connectivity index (χ2v) is 10.5. The minimum absolute atomic E-state index is 0.0690. The van der Waals surface area contributed by atoms with Gasteiger partial charge in [0.2, 0.25) is 0 Å². The molecule has 5 atom stereocenters. The number of benzene rings is 1. The first-order chi connectivity index (χ1) is 15.1. The number of halogens is 2. The molecular weight excluding hydrogens is 438 g/mol. The number of hydrogen-bond acceptors (Lipinski definition) is 6. The maximum Gasteiger partial charge on any atom is 0.271 e. The van der Waals surface area contributed by atoms with Gasteiger partial charge in [-0.05, 0) is 30.7 Å². The lowest BCUT2D eigenvalue weighted by Crippen LogP contribution is -2.32. The van der Waals surface area contributed by atoms with E-state index >= 15 is 0 Å². The highest BCUT2D eigenvalue weighted by Gasteiger charge is 2.60. The Labute approximate surface area is 185 Å². The van der Waals surface area contributed by atoms with Gasteiger partial charge in [0.05, 0.1) is 18.4 Å². The number of anilines is 1. The van der Waals surface area contributed by atoms with Gasteiger partial charge in [-0.25, -0.2) is 27.2 Å². The zero-order valence-corrected chi connectivity index (χ0v) is 18.7. The van der Waals surface area contributed by atoms with Crippen LogP contribution in [0.1, 0.15) is 35.9 Å². The number of rotatable bonds is 6. The van der Waals surface area contributed by atoms with Crippen molar-refractivity contribution in [2.45, 2.75) is 25.9 Å². The second-order valence-electron chi connectivity index (χ2n) is 8.52. The Morgan fingerprint density at radius 3 is 2.69 bits per heavy atom. The van der Waals surface area contributed by atoms with Gasteiger partial charge in [0.25, 0.3) is 5.91 Å². The van der Waals surface area contributed by atoms with E-state index in [2.05, 4.69) is 22.2 Å². The van der Waals surface area contributed by atoms with Gasteiger partial charge in [-0.2, -0.15) is 0 Å². The average Bonchev–Trinajstić information content (AvgIpc) is 3.18. The normalized spacial score (nSPS) is 25.6. The van der Waals surface area contributed by atoms with Crippen LogP contribution in [0, 0.1) is 29.4 Å². The summed E-state index contributed by atoms with van der Waals surface area (Å²) in [6.45, 7) is 4.40. The van der Waals surface area contributed by atoms with Gasteiger partial charge < -0.3 is 10.2 Å². The van der Waals surface area contributed by atoms with E-state index in [-0.39, 0.29) is 17.7 Å². The van der Waals surface area contributed by atoms with Crippen molar-refractivity contribution in [2.75, 3.05) is 17.7 Å². The van der Waals surface area contributed by atoms with Crippen LogP contribution in [0.25, 0.3) is 0 Å². The van der Waals surface area contributed by atoms with Crippen molar-refractivity contribution in [2.24, 2.45) is 17.8 Å². The molecular formula is C22H24F2N4O3S. The Kier molecular flexibility index (Phi) is 5.74. The van der Waals surface area contributed by atoms with Gasteiger partial charge in [0.15, 0.2) is 21.5 Å². The fraction of sp³-hybridized carbons (Fsp3) is 0.409. The molecule has 1 amide bonds. The number of nitrogens with zero attached hydrogens (tertiary/aromatic N) is 3. The zero-order valence-electron chi connectivity index (χ0n) is 17.9. The molecule has 1 N–H and O–H groups in total. The Balaban J connectivity index is 1.51. The van der Waals surface area contributed by atoms with E-state index in [0.29, 0.717) is 29.8 Å². The maximum absolute atomic E-state index is 14.6. The van der Waals surface area contributed by atoms with Crippen molar-refractivity contribution in [1.82, 2.24) is 15.3 Å². The van der Waals surface area contributed by atoms with Gasteiger partial charge in [0, 0.05) is 29.8 Å². The molecule has 0 bridgehead atoms.